The van der Waals surface area contributed by atoms with Crippen molar-refractivity contribution in [3.05, 3.63) is 91.0 Å². The van der Waals surface area contributed by atoms with Crippen molar-refractivity contribution < 1.29 is 4.42 Å². The van der Waals surface area contributed by atoms with E-state index < -0.39 is 0 Å². The summed E-state index contributed by atoms with van der Waals surface area (Å²) in [5.41, 5.74) is 7.23. The maximum Gasteiger partial charge on any atom is 0.220 e. The molecule has 4 aromatic carbocycles. The van der Waals surface area contributed by atoms with Crippen LogP contribution in [0.3, 0.4) is 0 Å². The predicted molar refractivity (Wildman–Crippen MR) is 117 cm³/mol. The summed E-state index contributed by atoms with van der Waals surface area (Å²) in [5.74, 6) is 0.908. The summed E-state index contributed by atoms with van der Waals surface area (Å²) in [6.45, 7) is 0. The molecule has 7 aromatic rings. The minimum atomic E-state index is 0.885. The van der Waals surface area contributed by atoms with Crippen LogP contribution in [0.1, 0.15) is 0 Å². The molecule has 0 radical (unpaired) electrons. The second kappa shape index (κ2) is 5.26. The Bertz CT molecular complexity index is 1710. The van der Waals surface area contributed by atoms with Gasteiger partial charge in [-0.15, -0.1) is 0 Å². The fourth-order valence-corrected chi connectivity index (χ4v) is 4.53. The highest BCUT2D eigenvalue weighted by Gasteiger charge is 2.19. The largest absolute Gasteiger partial charge is 0.456 e. The molecule has 0 amide bonds. The quantitative estimate of drug-likeness (QED) is 0.337. The van der Waals surface area contributed by atoms with Crippen molar-refractivity contribution >= 4 is 49.8 Å². The highest BCUT2D eigenvalue weighted by atomic mass is 16.3. The lowest BCUT2D eigenvalue weighted by Gasteiger charge is -2.07. The van der Waals surface area contributed by atoms with E-state index in [0.29, 0.717) is 0 Å². The molecule has 0 atom stereocenters. The van der Waals surface area contributed by atoms with Gasteiger partial charge in [0.15, 0.2) is 0 Å². The fourth-order valence-electron chi connectivity index (χ4n) is 4.53. The molecule has 0 aliphatic rings. The number of hydrogen-bond acceptors (Lipinski definition) is 2. The van der Waals surface area contributed by atoms with Crippen LogP contribution in [0.25, 0.3) is 55.5 Å². The number of aromatic nitrogens is 3. The number of nitrogens with zero attached hydrogens (tertiary/aromatic N) is 3. The lowest BCUT2D eigenvalue weighted by molar-refractivity contribution is 0.669. The lowest BCUT2D eigenvalue weighted by Crippen LogP contribution is -1.95. The van der Waals surface area contributed by atoms with Gasteiger partial charge in [0.05, 0.1) is 33.1 Å². The Labute approximate surface area is 165 Å². The first-order valence-electron chi connectivity index (χ1n) is 9.67. The molecular formula is C25H15N3O. The van der Waals surface area contributed by atoms with E-state index in [4.69, 9.17) is 9.40 Å². The predicted octanol–water partition coefficient (Wildman–Crippen LogP) is 6.33. The smallest absolute Gasteiger partial charge is 0.220 e. The van der Waals surface area contributed by atoms with Crippen LogP contribution in [-0.4, -0.2) is 14.0 Å². The van der Waals surface area contributed by atoms with Crippen molar-refractivity contribution in [1.29, 1.82) is 0 Å². The lowest BCUT2D eigenvalue weighted by atomic mass is 10.1. The summed E-state index contributed by atoms with van der Waals surface area (Å²) in [6, 6.07) is 31.2. The van der Waals surface area contributed by atoms with Gasteiger partial charge in [0.2, 0.25) is 5.78 Å². The maximum absolute atomic E-state index is 6.13. The standard InChI is InChI=1S/C25H15N3O/c1-6-14-22-16(8-1)24-21(13-7-15-23(24)29-22)28-20-12-5-4-11-19(20)27-18-10-3-2-9-17(18)26-25(27)28/h1-15H. The minimum Gasteiger partial charge on any atom is -0.456 e. The summed E-state index contributed by atoms with van der Waals surface area (Å²) in [5, 5.41) is 2.23. The monoisotopic (exact) mass is 373 g/mol. The Hall–Kier alpha value is -4.05. The molecule has 0 bridgehead atoms. The van der Waals surface area contributed by atoms with Gasteiger partial charge in [-0.1, -0.05) is 48.5 Å². The molecule has 0 saturated heterocycles. The van der Waals surface area contributed by atoms with Crippen molar-refractivity contribution in [2.24, 2.45) is 0 Å². The molecule has 29 heavy (non-hydrogen) atoms. The van der Waals surface area contributed by atoms with E-state index in [9.17, 15) is 0 Å². The Balaban J connectivity index is 1.75. The molecule has 0 aliphatic heterocycles. The van der Waals surface area contributed by atoms with Crippen LogP contribution in [0.4, 0.5) is 0 Å². The Morgan fingerprint density at radius 2 is 1.34 bits per heavy atom. The van der Waals surface area contributed by atoms with Crippen LogP contribution in [0.2, 0.25) is 0 Å². The van der Waals surface area contributed by atoms with Gasteiger partial charge in [-0.3, -0.25) is 8.97 Å². The zero-order valence-corrected chi connectivity index (χ0v) is 15.4. The van der Waals surface area contributed by atoms with E-state index >= 15 is 0 Å². The van der Waals surface area contributed by atoms with Gasteiger partial charge >= 0.3 is 0 Å². The minimum absolute atomic E-state index is 0.885. The van der Waals surface area contributed by atoms with Crippen molar-refractivity contribution in [3.8, 4) is 5.69 Å². The first-order chi connectivity index (χ1) is 14.4. The number of furan rings is 1. The van der Waals surface area contributed by atoms with Crippen LogP contribution in [-0.2, 0) is 0 Å². The summed E-state index contributed by atoms with van der Waals surface area (Å²) in [4.78, 5) is 5.00. The molecular weight excluding hydrogens is 358 g/mol. The molecule has 3 heterocycles. The first kappa shape index (κ1) is 14.9. The van der Waals surface area contributed by atoms with Crippen molar-refractivity contribution in [3.63, 3.8) is 0 Å². The van der Waals surface area contributed by atoms with E-state index in [1.54, 1.807) is 0 Å². The molecule has 7 rings (SSSR count). The van der Waals surface area contributed by atoms with Crippen molar-refractivity contribution in [1.82, 2.24) is 14.0 Å². The molecule has 0 aliphatic carbocycles. The maximum atomic E-state index is 6.13. The molecule has 0 saturated carbocycles. The summed E-state index contributed by atoms with van der Waals surface area (Å²) in [6.07, 6.45) is 0. The summed E-state index contributed by atoms with van der Waals surface area (Å²) >= 11 is 0. The average Bonchev–Trinajstić information content (AvgIpc) is 3.42. The van der Waals surface area contributed by atoms with Gasteiger partial charge in [-0.05, 0) is 42.5 Å². The van der Waals surface area contributed by atoms with E-state index in [-0.39, 0.29) is 0 Å². The number of rotatable bonds is 1. The highest BCUT2D eigenvalue weighted by molar-refractivity contribution is 6.10. The van der Waals surface area contributed by atoms with E-state index in [1.165, 1.54) is 0 Å². The SMILES string of the molecule is c1ccc2c(c1)nc1n(-c3cccc4oc5ccccc5c34)c3ccccc3n21. The molecule has 4 heteroatoms. The number of para-hydroxylation sites is 5. The average molecular weight is 373 g/mol. The molecule has 136 valence electrons. The van der Waals surface area contributed by atoms with Gasteiger partial charge in [0.25, 0.3) is 0 Å². The van der Waals surface area contributed by atoms with E-state index in [2.05, 4.69) is 69.6 Å². The summed E-state index contributed by atoms with van der Waals surface area (Å²) < 4.78 is 10.6. The Morgan fingerprint density at radius 1 is 0.621 bits per heavy atom. The van der Waals surface area contributed by atoms with Crippen LogP contribution in [0.15, 0.2) is 95.4 Å². The zero-order valence-electron chi connectivity index (χ0n) is 15.4. The van der Waals surface area contributed by atoms with Gasteiger partial charge in [0, 0.05) is 5.39 Å². The van der Waals surface area contributed by atoms with Crippen molar-refractivity contribution in [2.75, 3.05) is 0 Å². The molecule has 0 unspecified atom stereocenters. The topological polar surface area (TPSA) is 35.4 Å². The number of hydrogen-bond donors (Lipinski definition) is 0. The first-order valence-corrected chi connectivity index (χ1v) is 9.67. The molecule has 0 spiro atoms. The molecule has 3 aromatic heterocycles. The normalized spacial score (nSPS) is 12.1. The second-order valence-electron chi connectivity index (χ2n) is 7.31. The Morgan fingerprint density at radius 3 is 2.28 bits per heavy atom. The van der Waals surface area contributed by atoms with Crippen molar-refractivity contribution in [2.45, 2.75) is 0 Å². The third kappa shape index (κ3) is 1.85. The van der Waals surface area contributed by atoms with Crippen LogP contribution in [0, 0.1) is 0 Å². The van der Waals surface area contributed by atoms with Gasteiger partial charge in [-0.2, -0.15) is 0 Å². The molecule has 4 nitrogen and oxygen atoms in total. The third-order valence-corrected chi connectivity index (χ3v) is 5.73. The molecule has 0 fully saturated rings. The van der Waals surface area contributed by atoms with Gasteiger partial charge < -0.3 is 4.42 Å². The summed E-state index contributed by atoms with van der Waals surface area (Å²) in [7, 11) is 0. The second-order valence-corrected chi connectivity index (χ2v) is 7.31. The van der Waals surface area contributed by atoms with Gasteiger partial charge in [-0.25, -0.2) is 4.98 Å². The zero-order chi connectivity index (χ0) is 18.9. The number of imidazole rings is 2. The third-order valence-electron chi connectivity index (χ3n) is 5.73. The Kier molecular flexibility index (Phi) is 2.71. The number of benzene rings is 4. The van der Waals surface area contributed by atoms with Crippen LogP contribution in [0.5, 0.6) is 0 Å². The number of fused-ring (bicyclic) bond motifs is 8. The van der Waals surface area contributed by atoms with Gasteiger partial charge in [0.1, 0.15) is 11.2 Å². The molecule has 0 N–H and O–H groups in total. The van der Waals surface area contributed by atoms with Crippen LogP contribution >= 0.6 is 0 Å². The van der Waals surface area contributed by atoms with E-state index in [1.807, 2.05) is 30.3 Å². The van der Waals surface area contributed by atoms with Crippen LogP contribution < -0.4 is 0 Å². The highest BCUT2D eigenvalue weighted by Crippen LogP contribution is 2.36. The fraction of sp³-hybridized carbons (Fsp3) is 0. The van der Waals surface area contributed by atoms with E-state index in [0.717, 1.165) is 55.5 Å².